The molecule has 2 rings (SSSR count). The summed E-state index contributed by atoms with van der Waals surface area (Å²) in [5.41, 5.74) is 0.508. The highest BCUT2D eigenvalue weighted by atomic mass is 16.3. The molecule has 2 aliphatic rings. The first-order chi connectivity index (χ1) is 6.32. The lowest BCUT2D eigenvalue weighted by atomic mass is 9.70. The molecule has 0 aliphatic heterocycles. The summed E-state index contributed by atoms with van der Waals surface area (Å²) in [6.45, 7) is 11.5. The minimum Gasteiger partial charge on any atom is -0.392 e. The van der Waals surface area contributed by atoms with Gasteiger partial charge in [-0.3, -0.25) is 0 Å². The van der Waals surface area contributed by atoms with E-state index in [9.17, 15) is 5.11 Å². The summed E-state index contributed by atoms with van der Waals surface area (Å²) in [5, 5.41) is 10.4. The largest absolute Gasteiger partial charge is 0.392 e. The molecule has 1 N–H and O–H groups in total. The number of hydrogen-bond donors (Lipinski definition) is 1. The molecule has 0 unspecified atom stereocenters. The van der Waals surface area contributed by atoms with E-state index in [2.05, 4.69) is 34.6 Å². The highest BCUT2D eigenvalue weighted by Gasteiger charge is 2.65. The fourth-order valence-corrected chi connectivity index (χ4v) is 4.24. The third-order valence-electron chi connectivity index (χ3n) is 5.63. The summed E-state index contributed by atoms with van der Waals surface area (Å²) in [5.74, 6) is 1.89. The number of aliphatic hydroxyl groups excluding tert-OH is 1. The number of fused-ring (bicyclic) bond motifs is 2. The molecule has 1 heteroatoms. The maximum Gasteiger partial charge on any atom is 0.0632 e. The molecule has 2 bridgehead atoms. The maximum absolute atomic E-state index is 10.4. The Hall–Kier alpha value is -0.0400. The third kappa shape index (κ3) is 0.946. The lowest BCUT2D eigenvalue weighted by Gasteiger charge is -2.37. The Morgan fingerprint density at radius 1 is 1.21 bits per heavy atom. The van der Waals surface area contributed by atoms with E-state index in [4.69, 9.17) is 0 Å². The number of aliphatic hydroxyl groups is 1. The highest BCUT2D eigenvalue weighted by Crippen LogP contribution is 2.68. The predicted octanol–water partition coefficient (Wildman–Crippen LogP) is 3.08. The molecule has 0 radical (unpaired) electrons. The Bertz CT molecular complexity index is 244. The van der Waals surface area contributed by atoms with Gasteiger partial charge in [0.05, 0.1) is 6.10 Å². The van der Waals surface area contributed by atoms with Crippen LogP contribution in [0.3, 0.4) is 0 Å². The Kier molecular flexibility index (Phi) is 2.06. The van der Waals surface area contributed by atoms with Crippen molar-refractivity contribution in [3.63, 3.8) is 0 Å². The first kappa shape index (κ1) is 10.5. The Morgan fingerprint density at radius 3 is 2.07 bits per heavy atom. The molecule has 0 amide bonds. The van der Waals surface area contributed by atoms with E-state index in [1.807, 2.05) is 0 Å². The van der Waals surface area contributed by atoms with Crippen LogP contribution in [0.1, 0.15) is 47.5 Å². The minimum absolute atomic E-state index is 0.0729. The summed E-state index contributed by atoms with van der Waals surface area (Å²) < 4.78 is 0. The molecule has 0 aromatic carbocycles. The average molecular weight is 196 g/mol. The van der Waals surface area contributed by atoms with Crippen molar-refractivity contribution in [2.45, 2.75) is 53.6 Å². The zero-order valence-electron chi connectivity index (χ0n) is 10.2. The van der Waals surface area contributed by atoms with Gasteiger partial charge in [0.25, 0.3) is 0 Å². The molecule has 0 heterocycles. The zero-order chi connectivity index (χ0) is 10.7. The molecule has 0 aromatic rings. The summed E-state index contributed by atoms with van der Waals surface area (Å²) in [6.07, 6.45) is 2.47. The lowest BCUT2D eigenvalue weighted by Crippen LogP contribution is -2.38. The second-order valence-corrected chi connectivity index (χ2v) is 6.55. The number of rotatable bonds is 1. The maximum atomic E-state index is 10.4. The SMILES string of the molecule is CC(C)[C@H]1[C@H]2CC[C@@](C)([C@H]1O)C2(C)C. The fourth-order valence-electron chi connectivity index (χ4n) is 4.24. The third-order valence-corrected chi connectivity index (χ3v) is 5.63. The first-order valence-corrected chi connectivity index (χ1v) is 6.00. The molecule has 0 spiro atoms. The van der Waals surface area contributed by atoms with Crippen LogP contribution in [-0.4, -0.2) is 11.2 Å². The summed E-state index contributed by atoms with van der Waals surface area (Å²) in [4.78, 5) is 0. The van der Waals surface area contributed by atoms with Crippen LogP contribution in [0.2, 0.25) is 0 Å². The van der Waals surface area contributed by atoms with Crippen molar-refractivity contribution in [2.24, 2.45) is 28.6 Å². The normalized spacial score (nSPS) is 50.4. The molecule has 4 atom stereocenters. The van der Waals surface area contributed by atoms with Crippen LogP contribution in [0, 0.1) is 28.6 Å². The first-order valence-electron chi connectivity index (χ1n) is 6.00. The Morgan fingerprint density at radius 2 is 1.79 bits per heavy atom. The van der Waals surface area contributed by atoms with Crippen LogP contribution < -0.4 is 0 Å². The molecular formula is C13H24O. The second kappa shape index (κ2) is 2.75. The molecular weight excluding hydrogens is 172 g/mol. The van der Waals surface area contributed by atoms with Crippen LogP contribution in [0.25, 0.3) is 0 Å². The van der Waals surface area contributed by atoms with Crippen molar-refractivity contribution in [3.05, 3.63) is 0 Å². The molecule has 2 fully saturated rings. The van der Waals surface area contributed by atoms with Gasteiger partial charge in [-0.1, -0.05) is 34.6 Å². The quantitative estimate of drug-likeness (QED) is 0.683. The van der Waals surface area contributed by atoms with Crippen molar-refractivity contribution >= 4 is 0 Å². The van der Waals surface area contributed by atoms with Crippen LogP contribution in [-0.2, 0) is 0 Å². The van der Waals surface area contributed by atoms with E-state index in [1.54, 1.807) is 0 Å². The topological polar surface area (TPSA) is 20.2 Å². The average Bonchev–Trinajstić information content (AvgIpc) is 2.35. The second-order valence-electron chi connectivity index (χ2n) is 6.55. The molecule has 2 saturated carbocycles. The van der Waals surface area contributed by atoms with Gasteiger partial charge in [-0.15, -0.1) is 0 Å². The van der Waals surface area contributed by atoms with Crippen molar-refractivity contribution in [3.8, 4) is 0 Å². The van der Waals surface area contributed by atoms with Gasteiger partial charge in [-0.2, -0.15) is 0 Å². The number of hydrogen-bond acceptors (Lipinski definition) is 1. The van der Waals surface area contributed by atoms with Crippen molar-refractivity contribution < 1.29 is 5.11 Å². The van der Waals surface area contributed by atoms with Crippen LogP contribution in [0.4, 0.5) is 0 Å². The molecule has 2 aliphatic carbocycles. The van der Waals surface area contributed by atoms with E-state index < -0.39 is 0 Å². The molecule has 82 valence electrons. The lowest BCUT2D eigenvalue weighted by molar-refractivity contribution is -0.0213. The monoisotopic (exact) mass is 196 g/mol. The van der Waals surface area contributed by atoms with Gasteiger partial charge >= 0.3 is 0 Å². The van der Waals surface area contributed by atoms with E-state index in [0.29, 0.717) is 17.3 Å². The van der Waals surface area contributed by atoms with Crippen LogP contribution in [0.5, 0.6) is 0 Å². The molecule has 1 nitrogen and oxygen atoms in total. The molecule has 14 heavy (non-hydrogen) atoms. The Balaban J connectivity index is 2.39. The van der Waals surface area contributed by atoms with Gasteiger partial charge in [-0.25, -0.2) is 0 Å². The van der Waals surface area contributed by atoms with Gasteiger partial charge in [-0.05, 0) is 41.4 Å². The smallest absolute Gasteiger partial charge is 0.0632 e. The highest BCUT2D eigenvalue weighted by molar-refractivity contribution is 5.14. The van der Waals surface area contributed by atoms with Crippen LogP contribution >= 0.6 is 0 Å². The van der Waals surface area contributed by atoms with Crippen molar-refractivity contribution in [2.75, 3.05) is 0 Å². The van der Waals surface area contributed by atoms with E-state index >= 15 is 0 Å². The summed E-state index contributed by atoms with van der Waals surface area (Å²) >= 11 is 0. The molecule has 0 saturated heterocycles. The van der Waals surface area contributed by atoms with E-state index in [1.165, 1.54) is 12.8 Å². The summed E-state index contributed by atoms with van der Waals surface area (Å²) in [6, 6.07) is 0. The van der Waals surface area contributed by atoms with Gasteiger partial charge in [0.2, 0.25) is 0 Å². The van der Waals surface area contributed by atoms with E-state index in [0.717, 1.165) is 5.92 Å². The fraction of sp³-hybridized carbons (Fsp3) is 1.00. The van der Waals surface area contributed by atoms with Gasteiger partial charge < -0.3 is 5.11 Å². The van der Waals surface area contributed by atoms with Crippen molar-refractivity contribution in [1.82, 2.24) is 0 Å². The zero-order valence-corrected chi connectivity index (χ0v) is 10.2. The van der Waals surface area contributed by atoms with E-state index in [-0.39, 0.29) is 11.5 Å². The molecule has 0 aromatic heterocycles. The standard InChI is InChI=1S/C13H24O/c1-8(2)10-9-6-7-13(5,11(10)14)12(9,3)4/h8-11,14H,6-7H2,1-5H3/t9-,10+,11+,13+/m1/s1. The predicted molar refractivity (Wildman–Crippen MR) is 58.9 cm³/mol. The van der Waals surface area contributed by atoms with Gasteiger partial charge in [0.15, 0.2) is 0 Å². The van der Waals surface area contributed by atoms with Crippen molar-refractivity contribution in [1.29, 1.82) is 0 Å². The van der Waals surface area contributed by atoms with Gasteiger partial charge in [0.1, 0.15) is 0 Å². The minimum atomic E-state index is -0.0729. The van der Waals surface area contributed by atoms with Crippen LogP contribution in [0.15, 0.2) is 0 Å². The van der Waals surface area contributed by atoms with Gasteiger partial charge in [0, 0.05) is 0 Å². The summed E-state index contributed by atoms with van der Waals surface area (Å²) in [7, 11) is 0. The Labute approximate surface area is 87.9 Å².